The SMILES string of the molecule is CC(=O)Nc1cccc(CNC(=O)c2cnn(-c3ccc(Br)cc3)c2C)c1. The number of carbonyl (C=O) groups excluding carboxylic acids is 2. The van der Waals surface area contributed by atoms with Crippen LogP contribution in [-0.2, 0) is 11.3 Å². The van der Waals surface area contributed by atoms with Crippen molar-refractivity contribution < 1.29 is 9.59 Å². The number of hydrogen-bond donors (Lipinski definition) is 2. The standard InChI is InChI=1S/C20H19BrN4O2/c1-13-19(12-23-25(13)18-8-6-16(21)7-9-18)20(27)22-11-15-4-3-5-17(10-15)24-14(2)26/h3-10,12H,11H2,1-2H3,(H,22,27)(H,24,26). The fraction of sp³-hybridized carbons (Fsp3) is 0.150. The van der Waals surface area contributed by atoms with Crippen LogP contribution in [0.2, 0.25) is 0 Å². The Kier molecular flexibility index (Phi) is 5.71. The molecule has 2 N–H and O–H groups in total. The van der Waals surface area contributed by atoms with Crippen molar-refractivity contribution in [3.8, 4) is 5.69 Å². The average Bonchev–Trinajstić information content (AvgIpc) is 3.02. The first-order valence-corrected chi connectivity index (χ1v) is 9.18. The normalized spacial score (nSPS) is 10.5. The molecule has 0 aliphatic heterocycles. The third-order valence-corrected chi connectivity index (χ3v) is 4.55. The number of amides is 2. The Morgan fingerprint density at radius 2 is 1.89 bits per heavy atom. The van der Waals surface area contributed by atoms with Crippen LogP contribution in [0.1, 0.15) is 28.5 Å². The second kappa shape index (κ2) is 8.18. The lowest BCUT2D eigenvalue weighted by Gasteiger charge is -2.08. The van der Waals surface area contributed by atoms with Crippen LogP contribution in [-0.4, -0.2) is 21.6 Å². The molecule has 3 aromatic rings. The van der Waals surface area contributed by atoms with E-state index in [2.05, 4.69) is 31.7 Å². The fourth-order valence-electron chi connectivity index (χ4n) is 2.71. The molecule has 0 fully saturated rings. The Morgan fingerprint density at radius 3 is 2.59 bits per heavy atom. The summed E-state index contributed by atoms with van der Waals surface area (Å²) in [5, 5.41) is 9.96. The molecule has 0 bridgehead atoms. The van der Waals surface area contributed by atoms with Gasteiger partial charge in [-0.25, -0.2) is 4.68 Å². The van der Waals surface area contributed by atoms with Crippen LogP contribution in [0.5, 0.6) is 0 Å². The minimum Gasteiger partial charge on any atom is -0.348 e. The first-order chi connectivity index (χ1) is 12.9. The predicted octanol–water partition coefficient (Wildman–Crippen LogP) is 3.83. The Labute approximate surface area is 165 Å². The van der Waals surface area contributed by atoms with Gasteiger partial charge in [0.2, 0.25) is 5.91 Å². The van der Waals surface area contributed by atoms with Gasteiger partial charge >= 0.3 is 0 Å². The summed E-state index contributed by atoms with van der Waals surface area (Å²) in [4.78, 5) is 23.7. The van der Waals surface area contributed by atoms with E-state index in [4.69, 9.17) is 0 Å². The summed E-state index contributed by atoms with van der Waals surface area (Å²) in [6.45, 7) is 3.68. The topological polar surface area (TPSA) is 76.0 Å². The van der Waals surface area contributed by atoms with E-state index in [1.54, 1.807) is 16.9 Å². The highest BCUT2D eigenvalue weighted by Gasteiger charge is 2.15. The number of rotatable bonds is 5. The van der Waals surface area contributed by atoms with E-state index < -0.39 is 0 Å². The van der Waals surface area contributed by atoms with E-state index in [0.29, 0.717) is 17.8 Å². The Hall–Kier alpha value is -2.93. The number of nitrogens with one attached hydrogen (secondary N) is 2. The third kappa shape index (κ3) is 4.62. The van der Waals surface area contributed by atoms with Crippen molar-refractivity contribution in [1.29, 1.82) is 0 Å². The molecule has 0 spiro atoms. The van der Waals surface area contributed by atoms with Crippen LogP contribution in [0.15, 0.2) is 59.2 Å². The Balaban J connectivity index is 1.70. The van der Waals surface area contributed by atoms with Gasteiger partial charge in [-0.15, -0.1) is 0 Å². The van der Waals surface area contributed by atoms with Gasteiger partial charge in [0.25, 0.3) is 5.91 Å². The molecule has 0 atom stereocenters. The summed E-state index contributed by atoms with van der Waals surface area (Å²) in [5.74, 6) is -0.326. The van der Waals surface area contributed by atoms with Crippen LogP contribution in [0, 0.1) is 6.92 Å². The number of halogens is 1. The summed E-state index contributed by atoms with van der Waals surface area (Å²) in [5.41, 5.74) is 3.77. The molecule has 1 heterocycles. The molecule has 27 heavy (non-hydrogen) atoms. The molecule has 0 aliphatic rings. The second-order valence-corrected chi connectivity index (χ2v) is 7.01. The third-order valence-electron chi connectivity index (χ3n) is 4.03. The highest BCUT2D eigenvalue weighted by Crippen LogP contribution is 2.17. The lowest BCUT2D eigenvalue weighted by Crippen LogP contribution is -2.23. The maximum Gasteiger partial charge on any atom is 0.255 e. The highest BCUT2D eigenvalue weighted by atomic mass is 79.9. The van der Waals surface area contributed by atoms with E-state index in [0.717, 1.165) is 21.4 Å². The van der Waals surface area contributed by atoms with Gasteiger partial charge in [-0.2, -0.15) is 5.10 Å². The van der Waals surface area contributed by atoms with Crippen LogP contribution >= 0.6 is 15.9 Å². The van der Waals surface area contributed by atoms with E-state index in [1.165, 1.54) is 6.92 Å². The number of nitrogens with zero attached hydrogens (tertiary/aromatic N) is 2. The molecule has 2 amide bonds. The van der Waals surface area contributed by atoms with E-state index >= 15 is 0 Å². The highest BCUT2D eigenvalue weighted by molar-refractivity contribution is 9.10. The minimum atomic E-state index is -0.194. The van der Waals surface area contributed by atoms with Gasteiger partial charge in [0.1, 0.15) is 0 Å². The molecule has 3 rings (SSSR count). The van der Waals surface area contributed by atoms with Crippen LogP contribution in [0.25, 0.3) is 5.69 Å². The van der Waals surface area contributed by atoms with Gasteiger partial charge < -0.3 is 10.6 Å². The molecule has 6 nitrogen and oxygen atoms in total. The first kappa shape index (κ1) is 18.8. The van der Waals surface area contributed by atoms with E-state index in [-0.39, 0.29) is 11.8 Å². The van der Waals surface area contributed by atoms with Gasteiger partial charge in [0, 0.05) is 23.6 Å². The second-order valence-electron chi connectivity index (χ2n) is 6.10. The molecular weight excluding hydrogens is 408 g/mol. The first-order valence-electron chi connectivity index (χ1n) is 8.39. The summed E-state index contributed by atoms with van der Waals surface area (Å²) < 4.78 is 2.72. The zero-order valence-corrected chi connectivity index (χ0v) is 16.6. The van der Waals surface area contributed by atoms with Crippen molar-refractivity contribution in [2.24, 2.45) is 0 Å². The summed E-state index contributed by atoms with van der Waals surface area (Å²) >= 11 is 3.41. The Bertz CT molecular complexity index is 980. The number of aromatic nitrogens is 2. The molecule has 0 aliphatic carbocycles. The van der Waals surface area contributed by atoms with Gasteiger partial charge in [0.15, 0.2) is 0 Å². The molecular formula is C20H19BrN4O2. The maximum absolute atomic E-state index is 12.6. The zero-order valence-electron chi connectivity index (χ0n) is 15.0. The fourth-order valence-corrected chi connectivity index (χ4v) is 2.98. The van der Waals surface area contributed by atoms with Crippen molar-refractivity contribution >= 4 is 33.4 Å². The van der Waals surface area contributed by atoms with Crippen LogP contribution in [0.3, 0.4) is 0 Å². The molecule has 1 aromatic heterocycles. The maximum atomic E-state index is 12.6. The van der Waals surface area contributed by atoms with Crippen LogP contribution < -0.4 is 10.6 Å². The molecule has 138 valence electrons. The minimum absolute atomic E-state index is 0.132. The Morgan fingerprint density at radius 1 is 1.15 bits per heavy atom. The number of carbonyl (C=O) groups is 2. The summed E-state index contributed by atoms with van der Waals surface area (Å²) in [6, 6.07) is 15.1. The van der Waals surface area contributed by atoms with Crippen molar-refractivity contribution in [3.05, 3.63) is 76.0 Å². The lowest BCUT2D eigenvalue weighted by molar-refractivity contribution is -0.114. The van der Waals surface area contributed by atoms with Crippen LogP contribution in [0.4, 0.5) is 5.69 Å². The quantitative estimate of drug-likeness (QED) is 0.650. The molecule has 0 radical (unpaired) electrons. The monoisotopic (exact) mass is 426 g/mol. The zero-order chi connectivity index (χ0) is 19.4. The van der Waals surface area contributed by atoms with Gasteiger partial charge in [0.05, 0.1) is 23.1 Å². The predicted molar refractivity (Wildman–Crippen MR) is 108 cm³/mol. The summed E-state index contributed by atoms with van der Waals surface area (Å²) in [7, 11) is 0. The largest absolute Gasteiger partial charge is 0.348 e. The number of benzene rings is 2. The number of anilines is 1. The van der Waals surface area contributed by atoms with Gasteiger partial charge in [-0.05, 0) is 48.9 Å². The van der Waals surface area contributed by atoms with E-state index in [1.807, 2.05) is 49.4 Å². The number of hydrogen-bond acceptors (Lipinski definition) is 3. The smallest absolute Gasteiger partial charge is 0.255 e. The summed E-state index contributed by atoms with van der Waals surface area (Å²) in [6.07, 6.45) is 1.57. The van der Waals surface area contributed by atoms with Gasteiger partial charge in [-0.3, -0.25) is 9.59 Å². The van der Waals surface area contributed by atoms with Crippen molar-refractivity contribution in [1.82, 2.24) is 15.1 Å². The molecule has 7 heteroatoms. The lowest BCUT2D eigenvalue weighted by atomic mass is 10.2. The van der Waals surface area contributed by atoms with Gasteiger partial charge in [-0.1, -0.05) is 28.1 Å². The average molecular weight is 427 g/mol. The van der Waals surface area contributed by atoms with Crippen molar-refractivity contribution in [2.75, 3.05) is 5.32 Å². The molecule has 2 aromatic carbocycles. The molecule has 0 unspecified atom stereocenters. The molecule has 0 saturated carbocycles. The molecule has 0 saturated heterocycles. The van der Waals surface area contributed by atoms with Crippen molar-refractivity contribution in [3.63, 3.8) is 0 Å². The van der Waals surface area contributed by atoms with E-state index in [9.17, 15) is 9.59 Å². The van der Waals surface area contributed by atoms with Crippen molar-refractivity contribution in [2.45, 2.75) is 20.4 Å².